The van der Waals surface area contributed by atoms with Crippen LogP contribution in [0, 0.1) is 5.92 Å². The van der Waals surface area contributed by atoms with Gasteiger partial charge in [-0.25, -0.2) is 9.96 Å². The molecule has 2 saturated heterocycles. The van der Waals surface area contributed by atoms with E-state index in [9.17, 15) is 14.4 Å². The third-order valence-corrected chi connectivity index (χ3v) is 6.03. The molecule has 2 aliphatic rings. The highest BCUT2D eigenvalue weighted by Crippen LogP contribution is 2.47. The second kappa shape index (κ2) is 8.64. The second-order valence-electron chi connectivity index (χ2n) is 8.17. The number of methoxy groups -OCH3 is 1. The molecule has 8 heteroatoms. The molecular weight excluding hydrogens is 434 g/mol. The third kappa shape index (κ3) is 3.68. The van der Waals surface area contributed by atoms with Gasteiger partial charge >= 0.3 is 0 Å². The molecule has 172 valence electrons. The minimum Gasteiger partial charge on any atom is -0.497 e. The number of para-hydroxylation sites is 1. The zero-order valence-corrected chi connectivity index (χ0v) is 18.7. The summed E-state index contributed by atoms with van der Waals surface area (Å²) in [4.78, 5) is 45.7. The Morgan fingerprint density at radius 2 is 1.56 bits per heavy atom. The number of nitrogens with zero attached hydrogens (tertiary/aromatic N) is 2. The maximum Gasteiger partial charge on any atom is 0.266 e. The molecular formula is C26H23N3O5. The van der Waals surface area contributed by atoms with Gasteiger partial charge in [-0.1, -0.05) is 30.3 Å². The Labute approximate surface area is 196 Å². The Hall–Kier alpha value is -4.17. The fraction of sp³-hybridized carbons (Fsp3) is 0.192. The highest BCUT2D eigenvalue weighted by Gasteiger charge is 2.60. The number of anilines is 3. The lowest BCUT2D eigenvalue weighted by Crippen LogP contribution is -2.37. The lowest BCUT2D eigenvalue weighted by atomic mass is 9.90. The molecule has 0 aromatic heterocycles. The highest BCUT2D eigenvalue weighted by molar-refractivity contribution is 6.24. The number of benzene rings is 3. The van der Waals surface area contributed by atoms with E-state index >= 15 is 0 Å². The maximum atomic E-state index is 13.6. The van der Waals surface area contributed by atoms with E-state index in [-0.39, 0.29) is 11.8 Å². The molecule has 3 amide bonds. The molecule has 1 N–H and O–H groups in total. The van der Waals surface area contributed by atoms with E-state index in [1.807, 2.05) is 42.5 Å². The second-order valence-corrected chi connectivity index (χ2v) is 8.17. The highest BCUT2D eigenvalue weighted by atomic mass is 16.7. The summed E-state index contributed by atoms with van der Waals surface area (Å²) < 4.78 is 5.19. The molecule has 0 spiro atoms. The van der Waals surface area contributed by atoms with Crippen LogP contribution in [0.15, 0.2) is 78.9 Å². The number of fused-ring (bicyclic) bond motifs is 1. The van der Waals surface area contributed by atoms with Crippen molar-refractivity contribution in [2.24, 2.45) is 5.92 Å². The summed E-state index contributed by atoms with van der Waals surface area (Å²) in [6, 6.07) is 22.8. The van der Waals surface area contributed by atoms with Gasteiger partial charge in [-0.3, -0.25) is 19.2 Å². The van der Waals surface area contributed by atoms with Crippen molar-refractivity contribution >= 4 is 34.8 Å². The third-order valence-electron chi connectivity index (χ3n) is 6.03. The number of carbonyl (C=O) groups is 3. The molecule has 0 saturated carbocycles. The van der Waals surface area contributed by atoms with Crippen LogP contribution in [-0.2, 0) is 19.2 Å². The smallest absolute Gasteiger partial charge is 0.266 e. The number of amides is 3. The first kappa shape index (κ1) is 21.7. The van der Waals surface area contributed by atoms with Crippen molar-refractivity contribution in [1.82, 2.24) is 0 Å². The van der Waals surface area contributed by atoms with Crippen LogP contribution in [0.5, 0.6) is 5.75 Å². The number of nitrogens with one attached hydrogen (secondary N) is 1. The fourth-order valence-corrected chi connectivity index (χ4v) is 4.50. The van der Waals surface area contributed by atoms with Crippen LogP contribution in [0.3, 0.4) is 0 Å². The van der Waals surface area contributed by atoms with E-state index in [1.165, 1.54) is 11.8 Å². The summed E-state index contributed by atoms with van der Waals surface area (Å²) in [6.45, 7) is 1.44. The van der Waals surface area contributed by atoms with Crippen molar-refractivity contribution in [2.45, 2.75) is 19.1 Å². The van der Waals surface area contributed by atoms with Crippen molar-refractivity contribution in [3.63, 3.8) is 0 Å². The van der Waals surface area contributed by atoms with Gasteiger partial charge in [-0.05, 0) is 54.1 Å². The van der Waals surface area contributed by atoms with Crippen LogP contribution in [0.1, 0.15) is 18.5 Å². The quantitative estimate of drug-likeness (QED) is 0.588. The van der Waals surface area contributed by atoms with Gasteiger partial charge in [0.15, 0.2) is 6.10 Å². The van der Waals surface area contributed by atoms with E-state index in [0.29, 0.717) is 17.1 Å². The molecule has 2 heterocycles. The summed E-state index contributed by atoms with van der Waals surface area (Å²) in [5, 5.41) is 4.38. The number of carbonyl (C=O) groups excluding carboxylic acids is 3. The van der Waals surface area contributed by atoms with E-state index in [4.69, 9.17) is 9.57 Å². The summed E-state index contributed by atoms with van der Waals surface area (Å²) in [5.41, 5.74) is 2.65. The minimum absolute atomic E-state index is 0.172. The molecule has 5 rings (SSSR count). The fourth-order valence-electron chi connectivity index (χ4n) is 4.50. The summed E-state index contributed by atoms with van der Waals surface area (Å²) in [5.74, 6) is -1.00. The number of imide groups is 1. The van der Waals surface area contributed by atoms with Crippen molar-refractivity contribution in [3.05, 3.63) is 84.4 Å². The van der Waals surface area contributed by atoms with Gasteiger partial charge in [0, 0.05) is 12.6 Å². The number of ether oxygens (including phenoxy) is 1. The number of hydroxylamine groups is 1. The first-order valence-electron chi connectivity index (χ1n) is 10.9. The van der Waals surface area contributed by atoms with Crippen LogP contribution in [0.2, 0.25) is 0 Å². The van der Waals surface area contributed by atoms with Gasteiger partial charge in [0.1, 0.15) is 11.7 Å². The molecule has 3 aromatic rings. The van der Waals surface area contributed by atoms with Gasteiger partial charge < -0.3 is 10.1 Å². The first-order valence-corrected chi connectivity index (χ1v) is 10.9. The Kier molecular flexibility index (Phi) is 5.51. The standard InChI is InChI=1S/C26H23N3O5/c1-16(30)27-18-10-8-17(9-11-18)23-22-24(34-29(23)20-6-4-3-5-7-20)26(32)28(25(22)31)19-12-14-21(33-2)15-13-19/h3-15,22-24H,1-2H3,(H,27,30)/t22-,23+,24-/m0/s1. The normalized spacial score (nSPS) is 21.5. The minimum atomic E-state index is -0.949. The van der Waals surface area contributed by atoms with Crippen molar-refractivity contribution < 1.29 is 24.0 Å². The summed E-state index contributed by atoms with van der Waals surface area (Å²) >= 11 is 0. The van der Waals surface area contributed by atoms with E-state index in [0.717, 1.165) is 11.3 Å². The zero-order chi connectivity index (χ0) is 23.8. The van der Waals surface area contributed by atoms with Crippen LogP contribution < -0.4 is 20.0 Å². The molecule has 0 bridgehead atoms. The molecule has 0 radical (unpaired) electrons. The van der Waals surface area contributed by atoms with Crippen molar-refractivity contribution in [2.75, 3.05) is 22.4 Å². The molecule has 0 unspecified atom stereocenters. The Bertz CT molecular complexity index is 1230. The van der Waals surface area contributed by atoms with Gasteiger partial charge in [0.25, 0.3) is 5.91 Å². The van der Waals surface area contributed by atoms with Gasteiger partial charge in [-0.15, -0.1) is 0 Å². The molecule has 34 heavy (non-hydrogen) atoms. The lowest BCUT2D eigenvalue weighted by molar-refractivity contribution is -0.126. The van der Waals surface area contributed by atoms with Crippen LogP contribution in [-0.4, -0.2) is 30.9 Å². The van der Waals surface area contributed by atoms with Crippen molar-refractivity contribution in [3.8, 4) is 5.75 Å². The van der Waals surface area contributed by atoms with E-state index in [2.05, 4.69) is 5.32 Å². The van der Waals surface area contributed by atoms with Crippen LogP contribution in [0.4, 0.5) is 17.1 Å². The number of hydrogen-bond acceptors (Lipinski definition) is 6. The Morgan fingerprint density at radius 3 is 2.18 bits per heavy atom. The Balaban J connectivity index is 1.53. The molecule has 0 aliphatic carbocycles. The van der Waals surface area contributed by atoms with Crippen LogP contribution in [0.25, 0.3) is 0 Å². The van der Waals surface area contributed by atoms with E-state index in [1.54, 1.807) is 48.6 Å². The molecule has 2 fully saturated rings. The zero-order valence-electron chi connectivity index (χ0n) is 18.7. The molecule has 2 aliphatic heterocycles. The average molecular weight is 457 g/mol. The van der Waals surface area contributed by atoms with Crippen molar-refractivity contribution in [1.29, 1.82) is 0 Å². The first-order chi connectivity index (χ1) is 16.5. The molecule has 3 aromatic carbocycles. The monoisotopic (exact) mass is 457 g/mol. The van der Waals surface area contributed by atoms with Crippen LogP contribution >= 0.6 is 0 Å². The van der Waals surface area contributed by atoms with Gasteiger partial charge in [0.05, 0.1) is 24.5 Å². The topological polar surface area (TPSA) is 88.2 Å². The Morgan fingerprint density at radius 1 is 0.882 bits per heavy atom. The lowest BCUT2D eigenvalue weighted by Gasteiger charge is -2.29. The largest absolute Gasteiger partial charge is 0.497 e. The number of rotatable bonds is 5. The maximum absolute atomic E-state index is 13.6. The van der Waals surface area contributed by atoms with E-state index < -0.39 is 24.0 Å². The predicted molar refractivity (Wildman–Crippen MR) is 126 cm³/mol. The molecule has 3 atom stereocenters. The SMILES string of the molecule is COc1ccc(N2C(=O)[C@@H]3[C@H](ON(c4ccccc4)[C@@H]3c3ccc(NC(C)=O)cc3)C2=O)cc1. The van der Waals surface area contributed by atoms with Gasteiger partial charge in [0.2, 0.25) is 11.8 Å². The number of hydrogen-bond donors (Lipinski definition) is 1. The van der Waals surface area contributed by atoms with Gasteiger partial charge in [-0.2, -0.15) is 0 Å². The molecule has 8 nitrogen and oxygen atoms in total. The average Bonchev–Trinajstić information content (AvgIpc) is 3.36. The predicted octanol–water partition coefficient (Wildman–Crippen LogP) is 3.70. The summed E-state index contributed by atoms with van der Waals surface area (Å²) in [7, 11) is 1.55. The summed E-state index contributed by atoms with van der Waals surface area (Å²) in [6.07, 6.45) is -0.949.